The number of likely N-dealkylation sites (tertiary alicyclic amines) is 1. The van der Waals surface area contributed by atoms with Crippen LogP contribution < -0.4 is 4.74 Å². The molecule has 1 unspecified atom stereocenters. The lowest BCUT2D eigenvalue weighted by Gasteiger charge is -2.31. The van der Waals surface area contributed by atoms with Crippen LogP contribution in [0.5, 0.6) is 5.75 Å². The van der Waals surface area contributed by atoms with Gasteiger partial charge in [-0.3, -0.25) is 4.40 Å². The lowest BCUT2D eigenvalue weighted by molar-refractivity contribution is 0.180. The van der Waals surface area contributed by atoms with Crippen LogP contribution in [-0.4, -0.2) is 46.2 Å². The molecule has 1 aliphatic heterocycles. The fourth-order valence-electron chi connectivity index (χ4n) is 3.04. The van der Waals surface area contributed by atoms with E-state index in [4.69, 9.17) is 4.74 Å². The molecule has 5 nitrogen and oxygen atoms in total. The molecule has 3 heterocycles. The Morgan fingerprint density at radius 2 is 2.25 bits per heavy atom. The number of nitrogens with zero attached hydrogens (tertiary/aromatic N) is 4. The van der Waals surface area contributed by atoms with Crippen LogP contribution in [0.4, 0.5) is 0 Å². The van der Waals surface area contributed by atoms with Gasteiger partial charge in [0, 0.05) is 13.0 Å². The number of ether oxygens (including phenoxy) is 1. The maximum absolute atomic E-state index is 5.29. The van der Waals surface area contributed by atoms with E-state index >= 15 is 0 Å². The highest BCUT2D eigenvalue weighted by atomic mass is 16.5. The van der Waals surface area contributed by atoms with Gasteiger partial charge in [-0.2, -0.15) is 0 Å². The monoisotopic (exact) mass is 274 g/mol. The third kappa shape index (κ3) is 2.63. The maximum atomic E-state index is 5.29. The maximum Gasteiger partial charge on any atom is 0.161 e. The quantitative estimate of drug-likeness (QED) is 0.855. The summed E-state index contributed by atoms with van der Waals surface area (Å²) in [5.74, 6) is 2.57. The van der Waals surface area contributed by atoms with Crippen LogP contribution in [0.3, 0.4) is 0 Å². The van der Waals surface area contributed by atoms with Gasteiger partial charge in [-0.25, -0.2) is 0 Å². The summed E-state index contributed by atoms with van der Waals surface area (Å²) in [6.07, 6.45) is 5.55. The molecule has 0 radical (unpaired) electrons. The molecule has 0 spiro atoms. The molecule has 3 rings (SSSR count). The van der Waals surface area contributed by atoms with Gasteiger partial charge in [-0.1, -0.05) is 6.92 Å². The fraction of sp³-hybridized carbons (Fsp3) is 0.600. The Balaban J connectivity index is 1.79. The Kier molecular flexibility index (Phi) is 3.87. The van der Waals surface area contributed by atoms with E-state index in [-0.39, 0.29) is 0 Å². The molecule has 2 aromatic rings. The van der Waals surface area contributed by atoms with Crippen molar-refractivity contribution in [3.05, 3.63) is 24.2 Å². The second kappa shape index (κ2) is 5.79. The van der Waals surface area contributed by atoms with E-state index in [1.807, 2.05) is 18.3 Å². The summed E-state index contributed by atoms with van der Waals surface area (Å²) in [4.78, 5) is 2.53. The molecule has 1 aliphatic rings. The predicted molar refractivity (Wildman–Crippen MR) is 78.1 cm³/mol. The van der Waals surface area contributed by atoms with Gasteiger partial charge in [0.15, 0.2) is 5.65 Å². The molecule has 1 fully saturated rings. The van der Waals surface area contributed by atoms with Gasteiger partial charge >= 0.3 is 0 Å². The molecule has 1 saturated heterocycles. The van der Waals surface area contributed by atoms with Crippen LogP contribution in [0.1, 0.15) is 25.6 Å². The summed E-state index contributed by atoms with van der Waals surface area (Å²) < 4.78 is 7.35. The summed E-state index contributed by atoms with van der Waals surface area (Å²) in [6, 6.07) is 3.88. The van der Waals surface area contributed by atoms with Crippen LogP contribution in [-0.2, 0) is 6.42 Å². The van der Waals surface area contributed by atoms with Crippen LogP contribution in [0.15, 0.2) is 18.3 Å². The van der Waals surface area contributed by atoms with Crippen molar-refractivity contribution < 1.29 is 4.74 Å². The molecule has 20 heavy (non-hydrogen) atoms. The highest BCUT2D eigenvalue weighted by molar-refractivity contribution is 5.41. The SMILES string of the molecule is CCN1CCCC(Cc2nnc3ccc(OC)cn23)C1. The highest BCUT2D eigenvalue weighted by Crippen LogP contribution is 2.21. The van der Waals surface area contributed by atoms with Gasteiger partial charge in [0.1, 0.15) is 11.6 Å². The van der Waals surface area contributed by atoms with E-state index < -0.39 is 0 Å². The molecule has 1 atom stereocenters. The zero-order valence-corrected chi connectivity index (χ0v) is 12.2. The van der Waals surface area contributed by atoms with Crippen molar-refractivity contribution in [3.8, 4) is 5.75 Å². The lowest BCUT2D eigenvalue weighted by atomic mass is 9.94. The minimum absolute atomic E-state index is 0.683. The molecule has 2 aromatic heterocycles. The predicted octanol–water partition coefficient (Wildman–Crippen LogP) is 2.01. The number of pyridine rings is 1. The normalized spacial score (nSPS) is 20.4. The van der Waals surface area contributed by atoms with Crippen LogP contribution in [0.25, 0.3) is 5.65 Å². The van der Waals surface area contributed by atoms with Gasteiger partial charge in [0.25, 0.3) is 0 Å². The summed E-state index contributed by atoms with van der Waals surface area (Å²) in [5, 5.41) is 8.60. The van der Waals surface area contributed by atoms with E-state index in [0.717, 1.165) is 30.2 Å². The van der Waals surface area contributed by atoms with Crippen molar-refractivity contribution in [2.45, 2.75) is 26.2 Å². The first-order chi connectivity index (χ1) is 9.80. The summed E-state index contributed by atoms with van der Waals surface area (Å²) >= 11 is 0. The second-order valence-corrected chi connectivity index (χ2v) is 5.52. The Morgan fingerprint density at radius 3 is 3.05 bits per heavy atom. The first kappa shape index (κ1) is 13.4. The molecule has 5 heteroatoms. The average Bonchev–Trinajstić information content (AvgIpc) is 2.89. The molecule has 0 aromatic carbocycles. The number of rotatable bonds is 4. The minimum atomic E-state index is 0.683. The topological polar surface area (TPSA) is 42.7 Å². The summed E-state index contributed by atoms with van der Waals surface area (Å²) in [5.41, 5.74) is 0.893. The molecule has 0 saturated carbocycles. The third-order valence-corrected chi connectivity index (χ3v) is 4.20. The largest absolute Gasteiger partial charge is 0.495 e. The first-order valence-corrected chi connectivity index (χ1v) is 7.40. The second-order valence-electron chi connectivity index (χ2n) is 5.52. The lowest BCUT2D eigenvalue weighted by Crippen LogP contribution is -2.36. The highest BCUT2D eigenvalue weighted by Gasteiger charge is 2.21. The Labute approximate surface area is 119 Å². The van der Waals surface area contributed by atoms with Gasteiger partial charge in [0.05, 0.1) is 13.3 Å². The molecule has 0 N–H and O–H groups in total. The summed E-state index contributed by atoms with van der Waals surface area (Å²) in [6.45, 7) is 5.79. The molecule has 0 bridgehead atoms. The van der Waals surface area contributed by atoms with Gasteiger partial charge in [-0.05, 0) is 44.0 Å². The number of methoxy groups -OCH3 is 1. The summed E-state index contributed by atoms with van der Waals surface area (Å²) in [7, 11) is 1.69. The smallest absolute Gasteiger partial charge is 0.161 e. The minimum Gasteiger partial charge on any atom is -0.495 e. The number of hydrogen-bond donors (Lipinski definition) is 0. The van der Waals surface area contributed by atoms with Gasteiger partial charge in [0.2, 0.25) is 0 Å². The molecular weight excluding hydrogens is 252 g/mol. The van der Waals surface area contributed by atoms with Crippen LogP contribution in [0, 0.1) is 5.92 Å². The number of fused-ring (bicyclic) bond motifs is 1. The molecule has 0 amide bonds. The van der Waals surface area contributed by atoms with Gasteiger partial charge in [-0.15, -0.1) is 10.2 Å². The van der Waals surface area contributed by atoms with E-state index in [0.29, 0.717) is 5.92 Å². The van der Waals surface area contributed by atoms with Crippen molar-refractivity contribution in [2.75, 3.05) is 26.7 Å². The number of hydrogen-bond acceptors (Lipinski definition) is 4. The van der Waals surface area contributed by atoms with Crippen LogP contribution in [0.2, 0.25) is 0 Å². The molecular formula is C15H22N4O. The van der Waals surface area contributed by atoms with Crippen molar-refractivity contribution in [1.82, 2.24) is 19.5 Å². The van der Waals surface area contributed by atoms with E-state index in [1.165, 1.54) is 25.9 Å². The van der Waals surface area contributed by atoms with Crippen molar-refractivity contribution in [2.24, 2.45) is 5.92 Å². The number of piperidine rings is 1. The standard InChI is InChI=1S/C15H22N4O/c1-3-18-8-4-5-12(10-18)9-15-17-16-14-7-6-13(20-2)11-19(14)15/h6-7,11-12H,3-5,8-10H2,1-2H3. The Morgan fingerprint density at radius 1 is 1.35 bits per heavy atom. The van der Waals surface area contributed by atoms with Crippen molar-refractivity contribution in [3.63, 3.8) is 0 Å². The van der Waals surface area contributed by atoms with Gasteiger partial charge < -0.3 is 9.64 Å². The van der Waals surface area contributed by atoms with E-state index in [9.17, 15) is 0 Å². The average molecular weight is 274 g/mol. The van der Waals surface area contributed by atoms with Crippen molar-refractivity contribution >= 4 is 5.65 Å². The fourth-order valence-corrected chi connectivity index (χ4v) is 3.04. The zero-order valence-electron chi connectivity index (χ0n) is 12.2. The number of aromatic nitrogens is 3. The van der Waals surface area contributed by atoms with Crippen LogP contribution >= 0.6 is 0 Å². The molecule has 108 valence electrons. The van der Waals surface area contributed by atoms with Crippen molar-refractivity contribution in [1.29, 1.82) is 0 Å². The zero-order chi connectivity index (χ0) is 13.9. The van der Waals surface area contributed by atoms with E-state index in [1.54, 1.807) is 7.11 Å². The Bertz CT molecular complexity index is 580. The Hall–Kier alpha value is -1.62. The van der Waals surface area contributed by atoms with E-state index in [2.05, 4.69) is 26.4 Å². The first-order valence-electron chi connectivity index (χ1n) is 7.40. The molecule has 0 aliphatic carbocycles. The third-order valence-electron chi connectivity index (χ3n) is 4.20.